The smallest absolute Gasteiger partial charge is 0.258 e. The first-order valence-electron chi connectivity index (χ1n) is 8.06. The molecule has 26 heavy (non-hydrogen) atoms. The fourth-order valence-electron chi connectivity index (χ4n) is 2.17. The van der Waals surface area contributed by atoms with Crippen molar-refractivity contribution in [3.8, 4) is 11.5 Å². The molecule has 0 aliphatic carbocycles. The van der Waals surface area contributed by atoms with Crippen molar-refractivity contribution in [2.24, 2.45) is 0 Å². The zero-order chi connectivity index (χ0) is 19.1. The largest absolute Gasteiger partial charge is 0.493 e. The number of ether oxygens (including phenoxy) is 2. The van der Waals surface area contributed by atoms with E-state index in [0.717, 1.165) is 3.57 Å². The zero-order valence-corrected chi connectivity index (χ0v) is 17.0. The molecule has 2 rings (SSSR count). The summed E-state index contributed by atoms with van der Waals surface area (Å²) in [6.07, 6.45) is 0. The molecule has 138 valence electrons. The minimum absolute atomic E-state index is 0.0420. The Morgan fingerprint density at radius 1 is 1.08 bits per heavy atom. The number of hydrogen-bond donors (Lipinski definition) is 2. The van der Waals surface area contributed by atoms with Crippen LogP contribution in [0.15, 0.2) is 42.5 Å². The predicted octanol–water partition coefficient (Wildman–Crippen LogP) is 3.46. The maximum Gasteiger partial charge on any atom is 0.258 e. The first-order chi connectivity index (χ1) is 12.4. The molecule has 0 heterocycles. The van der Waals surface area contributed by atoms with Crippen molar-refractivity contribution in [2.45, 2.75) is 19.9 Å². The Hall–Kier alpha value is -2.29. The molecule has 7 heteroatoms. The molecule has 0 aliphatic heterocycles. The van der Waals surface area contributed by atoms with Crippen LogP contribution in [-0.2, 0) is 4.79 Å². The fourth-order valence-corrected chi connectivity index (χ4v) is 2.53. The number of rotatable bonds is 7. The van der Waals surface area contributed by atoms with Crippen LogP contribution in [0.3, 0.4) is 0 Å². The average molecular weight is 468 g/mol. The summed E-state index contributed by atoms with van der Waals surface area (Å²) in [5.41, 5.74) is 1.14. The molecule has 2 amide bonds. The molecule has 0 bridgehead atoms. The number of carbonyl (C=O) groups is 2. The van der Waals surface area contributed by atoms with Crippen LogP contribution in [0.25, 0.3) is 0 Å². The van der Waals surface area contributed by atoms with Crippen LogP contribution in [0, 0.1) is 3.57 Å². The topological polar surface area (TPSA) is 76.7 Å². The van der Waals surface area contributed by atoms with Crippen LogP contribution >= 0.6 is 22.6 Å². The number of carbonyl (C=O) groups excluding carboxylic acids is 2. The molecule has 0 spiro atoms. The van der Waals surface area contributed by atoms with Crippen molar-refractivity contribution < 1.29 is 19.1 Å². The van der Waals surface area contributed by atoms with Gasteiger partial charge in [0.15, 0.2) is 18.1 Å². The number of amides is 2. The normalized spacial score (nSPS) is 10.3. The second-order valence-electron chi connectivity index (χ2n) is 5.84. The average Bonchev–Trinajstić information content (AvgIpc) is 2.61. The van der Waals surface area contributed by atoms with Crippen LogP contribution in [0.5, 0.6) is 11.5 Å². The third kappa shape index (κ3) is 5.91. The molecular weight excluding hydrogens is 447 g/mol. The quantitative estimate of drug-likeness (QED) is 0.611. The van der Waals surface area contributed by atoms with E-state index in [1.807, 2.05) is 38.1 Å². The molecule has 0 fully saturated rings. The minimum Gasteiger partial charge on any atom is -0.493 e. The van der Waals surface area contributed by atoms with Crippen LogP contribution in [0.2, 0.25) is 0 Å². The molecule has 0 saturated carbocycles. The summed E-state index contributed by atoms with van der Waals surface area (Å²) >= 11 is 2.20. The van der Waals surface area contributed by atoms with Crippen molar-refractivity contribution in [1.29, 1.82) is 0 Å². The van der Waals surface area contributed by atoms with Gasteiger partial charge in [-0.05, 0) is 78.9 Å². The van der Waals surface area contributed by atoms with E-state index in [-0.39, 0.29) is 24.5 Å². The number of anilines is 1. The molecule has 6 nitrogen and oxygen atoms in total. The molecule has 2 aromatic carbocycles. The van der Waals surface area contributed by atoms with Crippen molar-refractivity contribution in [3.05, 3.63) is 51.6 Å². The lowest BCUT2D eigenvalue weighted by Gasteiger charge is -2.13. The number of benzene rings is 2. The summed E-state index contributed by atoms with van der Waals surface area (Å²) in [7, 11) is 1.48. The number of halogens is 1. The van der Waals surface area contributed by atoms with Gasteiger partial charge in [0, 0.05) is 20.9 Å². The highest BCUT2D eigenvalue weighted by Crippen LogP contribution is 2.28. The van der Waals surface area contributed by atoms with Gasteiger partial charge in [0.2, 0.25) is 0 Å². The zero-order valence-electron chi connectivity index (χ0n) is 14.8. The van der Waals surface area contributed by atoms with Gasteiger partial charge in [0.25, 0.3) is 11.8 Å². The Labute approximate surface area is 166 Å². The maximum absolute atomic E-state index is 12.4. The lowest BCUT2D eigenvalue weighted by Crippen LogP contribution is -2.34. The first kappa shape index (κ1) is 20.0. The molecule has 0 aromatic heterocycles. The first-order valence-corrected chi connectivity index (χ1v) is 9.14. The standard InChI is InChI=1S/C19H21IN2O4/c1-12(2)21-18(23)11-26-16-9-4-13(10-17(16)25-3)19(24)22-15-7-5-14(20)6-8-15/h4-10,12H,11H2,1-3H3,(H,21,23)(H,22,24). The van der Waals surface area contributed by atoms with Crippen molar-refractivity contribution >= 4 is 40.1 Å². The van der Waals surface area contributed by atoms with Crippen molar-refractivity contribution in [3.63, 3.8) is 0 Å². The van der Waals surface area contributed by atoms with E-state index in [4.69, 9.17) is 9.47 Å². The summed E-state index contributed by atoms with van der Waals surface area (Å²) in [6, 6.07) is 12.4. The molecule has 2 N–H and O–H groups in total. The van der Waals surface area contributed by atoms with Crippen LogP contribution in [-0.4, -0.2) is 31.6 Å². The summed E-state index contributed by atoms with van der Waals surface area (Å²) in [5, 5.41) is 5.57. The third-order valence-electron chi connectivity index (χ3n) is 3.34. The highest BCUT2D eigenvalue weighted by atomic mass is 127. The molecule has 0 radical (unpaired) electrons. The maximum atomic E-state index is 12.4. The van der Waals surface area contributed by atoms with E-state index in [0.29, 0.717) is 22.7 Å². The van der Waals surface area contributed by atoms with Crippen LogP contribution in [0.4, 0.5) is 5.69 Å². The summed E-state index contributed by atoms with van der Waals surface area (Å²) in [6.45, 7) is 3.63. The summed E-state index contributed by atoms with van der Waals surface area (Å²) < 4.78 is 11.9. The molecule has 0 unspecified atom stereocenters. The second kappa shape index (κ2) is 9.42. The van der Waals surface area contributed by atoms with Gasteiger partial charge in [-0.3, -0.25) is 9.59 Å². The van der Waals surface area contributed by atoms with E-state index in [1.54, 1.807) is 18.2 Å². The van der Waals surface area contributed by atoms with E-state index in [9.17, 15) is 9.59 Å². The van der Waals surface area contributed by atoms with E-state index < -0.39 is 0 Å². The van der Waals surface area contributed by atoms with Gasteiger partial charge >= 0.3 is 0 Å². The minimum atomic E-state index is -0.256. The molecule has 0 saturated heterocycles. The molecule has 2 aromatic rings. The molecule has 0 atom stereocenters. The van der Waals surface area contributed by atoms with Crippen LogP contribution in [0.1, 0.15) is 24.2 Å². The van der Waals surface area contributed by atoms with Gasteiger partial charge < -0.3 is 20.1 Å². The highest BCUT2D eigenvalue weighted by molar-refractivity contribution is 14.1. The van der Waals surface area contributed by atoms with Gasteiger partial charge in [0.05, 0.1) is 7.11 Å². The molecular formula is C19H21IN2O4. The fraction of sp³-hybridized carbons (Fsp3) is 0.263. The number of methoxy groups -OCH3 is 1. The number of hydrogen-bond acceptors (Lipinski definition) is 4. The van der Waals surface area contributed by atoms with Gasteiger partial charge in [-0.25, -0.2) is 0 Å². The Balaban J connectivity index is 2.05. The second-order valence-corrected chi connectivity index (χ2v) is 7.08. The van der Waals surface area contributed by atoms with Gasteiger partial charge in [0.1, 0.15) is 0 Å². The van der Waals surface area contributed by atoms with E-state index in [1.165, 1.54) is 7.11 Å². The summed E-state index contributed by atoms with van der Waals surface area (Å²) in [5.74, 6) is 0.311. The number of nitrogens with one attached hydrogen (secondary N) is 2. The predicted molar refractivity (Wildman–Crippen MR) is 109 cm³/mol. The summed E-state index contributed by atoms with van der Waals surface area (Å²) in [4.78, 5) is 24.1. The van der Waals surface area contributed by atoms with Gasteiger partial charge in [-0.15, -0.1) is 0 Å². The third-order valence-corrected chi connectivity index (χ3v) is 4.06. The van der Waals surface area contributed by atoms with Gasteiger partial charge in [-0.1, -0.05) is 0 Å². The lowest BCUT2D eigenvalue weighted by molar-refractivity contribution is -0.123. The Morgan fingerprint density at radius 3 is 2.38 bits per heavy atom. The van der Waals surface area contributed by atoms with Crippen LogP contribution < -0.4 is 20.1 Å². The highest BCUT2D eigenvalue weighted by Gasteiger charge is 2.13. The van der Waals surface area contributed by atoms with E-state index >= 15 is 0 Å². The monoisotopic (exact) mass is 468 g/mol. The van der Waals surface area contributed by atoms with Gasteiger partial charge in [-0.2, -0.15) is 0 Å². The Bertz CT molecular complexity index is 776. The van der Waals surface area contributed by atoms with Crippen molar-refractivity contribution in [1.82, 2.24) is 5.32 Å². The van der Waals surface area contributed by atoms with E-state index in [2.05, 4.69) is 33.2 Å². The Morgan fingerprint density at radius 2 is 1.77 bits per heavy atom. The lowest BCUT2D eigenvalue weighted by atomic mass is 10.2. The van der Waals surface area contributed by atoms with Crippen molar-refractivity contribution in [2.75, 3.05) is 19.0 Å². The molecule has 0 aliphatic rings. The Kier molecular flexibility index (Phi) is 7.26. The SMILES string of the molecule is COc1cc(C(=O)Nc2ccc(I)cc2)ccc1OCC(=O)NC(C)C.